The first-order chi connectivity index (χ1) is 20.2. The third-order valence-corrected chi connectivity index (χ3v) is 7.47. The first kappa shape index (κ1) is 32.1. The fraction of sp³-hybridized carbons (Fsp3) is 0.412. The molecule has 1 N–H and O–H groups in total. The van der Waals surface area contributed by atoms with E-state index in [2.05, 4.69) is 5.32 Å². The summed E-state index contributed by atoms with van der Waals surface area (Å²) in [7, 11) is -0.616. The van der Waals surface area contributed by atoms with E-state index in [9.17, 15) is 9.59 Å². The molecule has 0 aliphatic carbocycles. The van der Waals surface area contributed by atoms with E-state index >= 15 is 0 Å². The smallest absolute Gasteiger partial charge is 0.489 e. The van der Waals surface area contributed by atoms with Gasteiger partial charge in [0.1, 0.15) is 30.6 Å². The highest BCUT2D eigenvalue weighted by molar-refractivity contribution is 6.62. The van der Waals surface area contributed by atoms with E-state index in [1.54, 1.807) is 20.8 Å². The third-order valence-electron chi connectivity index (χ3n) is 7.47. The van der Waals surface area contributed by atoms with E-state index in [1.165, 1.54) is 0 Å². The van der Waals surface area contributed by atoms with E-state index in [-0.39, 0.29) is 13.0 Å². The van der Waals surface area contributed by atoms with Crippen molar-refractivity contribution in [2.75, 3.05) is 0 Å². The molecule has 1 unspecified atom stereocenters. The molecule has 3 aromatic rings. The van der Waals surface area contributed by atoms with Gasteiger partial charge in [0.05, 0.1) is 11.2 Å². The van der Waals surface area contributed by atoms with Crippen LogP contribution in [-0.4, -0.2) is 42.0 Å². The van der Waals surface area contributed by atoms with Crippen molar-refractivity contribution in [3.63, 3.8) is 0 Å². The number of esters is 1. The molecule has 8 nitrogen and oxygen atoms in total. The molecule has 1 saturated heterocycles. The minimum Gasteiger partial charge on any atom is -0.489 e. The number of ether oxygens (including phenoxy) is 3. The van der Waals surface area contributed by atoms with Crippen molar-refractivity contribution in [3.05, 3.63) is 95.6 Å². The number of carbonyl (C=O) groups is 2. The van der Waals surface area contributed by atoms with Gasteiger partial charge in [-0.3, -0.25) is 0 Å². The number of hydrogen-bond donors (Lipinski definition) is 1. The number of nitrogens with one attached hydrogen (secondary N) is 1. The quantitative estimate of drug-likeness (QED) is 0.239. The normalized spacial score (nSPS) is 16.3. The van der Waals surface area contributed by atoms with Crippen molar-refractivity contribution < 1.29 is 33.1 Å². The van der Waals surface area contributed by atoms with Crippen molar-refractivity contribution >= 4 is 24.6 Å². The lowest BCUT2D eigenvalue weighted by molar-refractivity contribution is -0.147. The molecular formula is C34H42BNO7. The van der Waals surface area contributed by atoms with Gasteiger partial charge in [-0.1, -0.05) is 72.8 Å². The highest BCUT2D eigenvalue weighted by atomic mass is 16.7. The summed E-state index contributed by atoms with van der Waals surface area (Å²) in [5.41, 5.74) is 1.49. The molecule has 0 bridgehead atoms. The van der Waals surface area contributed by atoms with Crippen molar-refractivity contribution in [2.45, 2.75) is 90.9 Å². The number of alkyl carbamates (subject to hydrolysis) is 1. The van der Waals surface area contributed by atoms with Crippen molar-refractivity contribution in [3.8, 4) is 5.75 Å². The zero-order valence-electron chi connectivity index (χ0n) is 26.1. The molecule has 0 aromatic heterocycles. The van der Waals surface area contributed by atoms with Crippen LogP contribution in [0.15, 0.2) is 78.9 Å². The topological polar surface area (TPSA) is 92.3 Å². The van der Waals surface area contributed by atoms with Crippen LogP contribution in [0, 0.1) is 0 Å². The van der Waals surface area contributed by atoms with Crippen LogP contribution in [0.3, 0.4) is 0 Å². The highest BCUT2D eigenvalue weighted by Gasteiger charge is 2.51. The van der Waals surface area contributed by atoms with Gasteiger partial charge in [0.25, 0.3) is 0 Å². The van der Waals surface area contributed by atoms with Crippen LogP contribution in [0.5, 0.6) is 5.75 Å². The lowest BCUT2D eigenvalue weighted by Crippen LogP contribution is -2.45. The lowest BCUT2D eigenvalue weighted by atomic mass is 9.78. The van der Waals surface area contributed by atoms with Crippen LogP contribution >= 0.6 is 0 Å². The van der Waals surface area contributed by atoms with Crippen LogP contribution in [0.1, 0.15) is 65.2 Å². The zero-order chi connectivity index (χ0) is 31.3. The fourth-order valence-electron chi connectivity index (χ4n) is 4.45. The van der Waals surface area contributed by atoms with Gasteiger partial charge < -0.3 is 28.8 Å². The Bertz CT molecular complexity index is 1370. The number of hydrogen-bond acceptors (Lipinski definition) is 7. The van der Waals surface area contributed by atoms with E-state index in [1.807, 2.05) is 107 Å². The van der Waals surface area contributed by atoms with Gasteiger partial charge in [0, 0.05) is 6.42 Å². The average molecular weight is 588 g/mol. The SMILES string of the molecule is CC(C)(C)OC(=O)NC(Cc1cc(B2OC(C)(C)C(C)(C)O2)ccc1OCc1ccccc1)C(=O)OCc1ccccc1. The number of carbonyl (C=O) groups excluding carboxylic acids is 2. The fourth-order valence-corrected chi connectivity index (χ4v) is 4.45. The summed E-state index contributed by atoms with van der Waals surface area (Å²) in [6.45, 7) is 13.7. The second kappa shape index (κ2) is 13.2. The largest absolute Gasteiger partial charge is 0.494 e. The Balaban J connectivity index is 1.63. The Morgan fingerprint density at radius 2 is 1.40 bits per heavy atom. The summed E-state index contributed by atoms with van der Waals surface area (Å²) >= 11 is 0. The Morgan fingerprint density at radius 3 is 1.95 bits per heavy atom. The van der Waals surface area contributed by atoms with Gasteiger partial charge in [0.2, 0.25) is 0 Å². The summed E-state index contributed by atoms with van der Waals surface area (Å²) in [6, 6.07) is 23.8. The first-order valence-electron chi connectivity index (χ1n) is 14.6. The van der Waals surface area contributed by atoms with Gasteiger partial charge in [-0.15, -0.1) is 0 Å². The molecular weight excluding hydrogens is 545 g/mol. The molecule has 228 valence electrons. The maximum absolute atomic E-state index is 13.4. The second-order valence-corrected chi connectivity index (χ2v) is 12.7. The Kier molecular flexibility index (Phi) is 9.87. The van der Waals surface area contributed by atoms with Gasteiger partial charge in [0.15, 0.2) is 0 Å². The Hall–Kier alpha value is -3.82. The average Bonchev–Trinajstić information content (AvgIpc) is 3.17. The summed E-state index contributed by atoms with van der Waals surface area (Å²) in [5, 5.41) is 2.72. The van der Waals surface area contributed by atoms with Crippen LogP contribution in [0.25, 0.3) is 0 Å². The van der Waals surface area contributed by atoms with Crippen LogP contribution in [0.4, 0.5) is 4.79 Å². The third kappa shape index (κ3) is 8.84. The van der Waals surface area contributed by atoms with Gasteiger partial charge in [-0.25, -0.2) is 9.59 Å². The molecule has 1 aliphatic heterocycles. The minimum absolute atomic E-state index is 0.0670. The molecule has 0 spiro atoms. The predicted octanol–water partition coefficient (Wildman–Crippen LogP) is 5.74. The molecule has 1 heterocycles. The molecule has 1 fully saturated rings. The summed E-state index contributed by atoms with van der Waals surface area (Å²) in [6.07, 6.45) is -0.632. The standard InChI is InChI=1S/C34H42BNO7/c1-32(2,3)41-31(38)36-28(30(37)40-23-25-16-12-9-13-17-25)21-26-20-27(35-42-33(4,5)34(6,7)43-35)18-19-29(26)39-22-24-14-10-8-11-15-24/h8-20,28H,21-23H2,1-7H3,(H,36,38). The van der Waals surface area contributed by atoms with Crippen molar-refractivity contribution in [1.82, 2.24) is 5.32 Å². The number of rotatable bonds is 10. The second-order valence-electron chi connectivity index (χ2n) is 12.7. The molecule has 1 amide bonds. The predicted molar refractivity (Wildman–Crippen MR) is 166 cm³/mol. The summed E-state index contributed by atoms with van der Waals surface area (Å²) in [5.74, 6) is -0.0271. The molecule has 1 aliphatic rings. The summed E-state index contributed by atoms with van der Waals surface area (Å²) in [4.78, 5) is 26.3. The molecule has 43 heavy (non-hydrogen) atoms. The van der Waals surface area contributed by atoms with Crippen LogP contribution < -0.4 is 15.5 Å². The molecule has 0 radical (unpaired) electrons. The van der Waals surface area contributed by atoms with Crippen LogP contribution in [-0.2, 0) is 43.2 Å². The molecule has 4 rings (SSSR count). The highest BCUT2D eigenvalue weighted by Crippen LogP contribution is 2.37. The maximum Gasteiger partial charge on any atom is 0.494 e. The number of benzene rings is 3. The van der Waals surface area contributed by atoms with Crippen molar-refractivity contribution in [2.24, 2.45) is 0 Å². The van der Waals surface area contributed by atoms with E-state index < -0.39 is 42.0 Å². The summed E-state index contributed by atoms with van der Waals surface area (Å²) < 4.78 is 29.9. The Labute approximate surface area is 255 Å². The van der Waals surface area contributed by atoms with Gasteiger partial charge >= 0.3 is 19.2 Å². The molecule has 9 heteroatoms. The number of amides is 1. The Morgan fingerprint density at radius 1 is 0.837 bits per heavy atom. The monoisotopic (exact) mass is 587 g/mol. The van der Waals surface area contributed by atoms with Gasteiger partial charge in [-0.05, 0) is 76.7 Å². The maximum atomic E-state index is 13.4. The van der Waals surface area contributed by atoms with Crippen LogP contribution in [0.2, 0.25) is 0 Å². The van der Waals surface area contributed by atoms with E-state index in [0.717, 1.165) is 16.6 Å². The zero-order valence-corrected chi connectivity index (χ0v) is 26.1. The minimum atomic E-state index is -1.05. The van der Waals surface area contributed by atoms with Gasteiger partial charge in [-0.2, -0.15) is 0 Å². The van der Waals surface area contributed by atoms with E-state index in [0.29, 0.717) is 17.9 Å². The first-order valence-corrected chi connectivity index (χ1v) is 14.6. The van der Waals surface area contributed by atoms with E-state index in [4.69, 9.17) is 23.5 Å². The van der Waals surface area contributed by atoms with Crippen molar-refractivity contribution in [1.29, 1.82) is 0 Å². The molecule has 0 saturated carbocycles. The lowest BCUT2D eigenvalue weighted by Gasteiger charge is -2.32. The molecule has 1 atom stereocenters. The molecule has 3 aromatic carbocycles.